The first-order valence-electron chi connectivity index (χ1n) is 7.18. The molecule has 2 aromatic carbocycles. The predicted octanol–water partition coefficient (Wildman–Crippen LogP) is 2.82. The largest absolute Gasteiger partial charge is 0.334 e. The Balaban J connectivity index is 1.54. The minimum Gasteiger partial charge on any atom is -0.334 e. The Labute approximate surface area is 124 Å². The first kappa shape index (κ1) is 13.6. The average Bonchev–Trinajstić information content (AvgIpc) is 3.27. The molecule has 0 radical (unpaired) electrons. The summed E-state index contributed by atoms with van der Waals surface area (Å²) in [4.78, 5) is 12.0. The van der Waals surface area contributed by atoms with Gasteiger partial charge in [0, 0.05) is 24.2 Å². The number of benzene rings is 2. The Bertz CT molecular complexity index is 627. The van der Waals surface area contributed by atoms with Gasteiger partial charge < -0.3 is 16.4 Å². The quantitative estimate of drug-likeness (QED) is 0.806. The minimum atomic E-state index is -0.160. The van der Waals surface area contributed by atoms with Crippen LogP contribution in [-0.2, 0) is 6.54 Å². The van der Waals surface area contributed by atoms with Crippen molar-refractivity contribution in [3.05, 3.63) is 65.7 Å². The van der Waals surface area contributed by atoms with Crippen LogP contribution in [0.4, 0.5) is 10.5 Å². The molecule has 0 aliphatic heterocycles. The van der Waals surface area contributed by atoms with E-state index in [1.165, 1.54) is 5.56 Å². The number of nitrogens with two attached hydrogens (primary N) is 1. The highest BCUT2D eigenvalue weighted by Gasteiger charge is 2.39. The molecule has 0 saturated heterocycles. The number of nitrogens with one attached hydrogen (secondary N) is 2. The van der Waals surface area contributed by atoms with Crippen LogP contribution in [0.15, 0.2) is 54.6 Å². The smallest absolute Gasteiger partial charge is 0.319 e. The van der Waals surface area contributed by atoms with Gasteiger partial charge in [-0.2, -0.15) is 0 Å². The molecule has 2 atom stereocenters. The summed E-state index contributed by atoms with van der Waals surface area (Å²) >= 11 is 0. The van der Waals surface area contributed by atoms with E-state index in [9.17, 15) is 4.79 Å². The molecule has 4 nitrogen and oxygen atoms in total. The normalized spacial score (nSPS) is 19.9. The number of anilines is 1. The number of carbonyl (C=O) groups is 1. The van der Waals surface area contributed by atoms with Gasteiger partial charge in [-0.1, -0.05) is 42.5 Å². The van der Waals surface area contributed by atoms with Gasteiger partial charge in [-0.25, -0.2) is 4.79 Å². The summed E-state index contributed by atoms with van der Waals surface area (Å²) in [5, 5.41) is 5.86. The van der Waals surface area contributed by atoms with E-state index in [4.69, 9.17) is 5.73 Å². The number of amides is 2. The third-order valence-electron chi connectivity index (χ3n) is 3.76. The molecular weight excluding hydrogens is 262 g/mol. The highest BCUT2D eigenvalue weighted by molar-refractivity contribution is 5.89. The maximum Gasteiger partial charge on any atom is 0.319 e. The van der Waals surface area contributed by atoms with Gasteiger partial charge in [-0.3, -0.25) is 0 Å². The molecule has 2 unspecified atom stereocenters. The molecule has 1 fully saturated rings. The molecule has 2 aromatic rings. The van der Waals surface area contributed by atoms with E-state index < -0.39 is 0 Å². The molecule has 0 bridgehead atoms. The van der Waals surface area contributed by atoms with E-state index in [-0.39, 0.29) is 12.1 Å². The third-order valence-corrected chi connectivity index (χ3v) is 3.76. The molecule has 21 heavy (non-hydrogen) atoms. The Morgan fingerprint density at radius 1 is 1.14 bits per heavy atom. The first-order chi connectivity index (χ1) is 10.3. The average molecular weight is 281 g/mol. The molecule has 108 valence electrons. The van der Waals surface area contributed by atoms with Gasteiger partial charge in [0.2, 0.25) is 0 Å². The summed E-state index contributed by atoms with van der Waals surface area (Å²) in [6.45, 7) is 0.468. The van der Waals surface area contributed by atoms with Crippen molar-refractivity contribution < 1.29 is 4.79 Å². The zero-order valence-electron chi connectivity index (χ0n) is 11.8. The van der Waals surface area contributed by atoms with Gasteiger partial charge in [0.15, 0.2) is 0 Å². The molecule has 1 aliphatic rings. The Morgan fingerprint density at radius 3 is 2.71 bits per heavy atom. The van der Waals surface area contributed by atoms with Crippen LogP contribution in [-0.4, -0.2) is 12.1 Å². The summed E-state index contributed by atoms with van der Waals surface area (Å²) in [5.74, 6) is 0.437. The van der Waals surface area contributed by atoms with Gasteiger partial charge in [0.25, 0.3) is 0 Å². The molecular formula is C17H19N3O. The van der Waals surface area contributed by atoms with Crippen molar-refractivity contribution in [1.29, 1.82) is 0 Å². The molecule has 4 heteroatoms. The topological polar surface area (TPSA) is 67.1 Å². The van der Waals surface area contributed by atoms with Gasteiger partial charge in [-0.15, -0.1) is 0 Å². The molecule has 2 amide bonds. The van der Waals surface area contributed by atoms with Crippen LogP contribution in [0.3, 0.4) is 0 Å². The van der Waals surface area contributed by atoms with Crippen LogP contribution in [0.5, 0.6) is 0 Å². The van der Waals surface area contributed by atoms with Crippen molar-refractivity contribution in [1.82, 2.24) is 5.32 Å². The number of urea groups is 1. The summed E-state index contributed by atoms with van der Waals surface area (Å²) in [7, 11) is 0. The molecule has 4 N–H and O–H groups in total. The van der Waals surface area contributed by atoms with Crippen molar-refractivity contribution in [2.45, 2.75) is 24.9 Å². The second-order valence-electron chi connectivity index (χ2n) is 5.36. The lowest BCUT2D eigenvalue weighted by Gasteiger charge is -2.08. The van der Waals surface area contributed by atoms with Crippen LogP contribution in [0, 0.1) is 0 Å². The number of hydrogen-bond acceptors (Lipinski definition) is 2. The summed E-state index contributed by atoms with van der Waals surface area (Å²) in [6.07, 6.45) is 1.00. The summed E-state index contributed by atoms with van der Waals surface area (Å²) in [5.41, 5.74) is 8.65. The summed E-state index contributed by atoms with van der Waals surface area (Å²) < 4.78 is 0. The fraction of sp³-hybridized carbons (Fsp3) is 0.235. The SMILES string of the molecule is NCc1cccc(NC(=O)NC2CC2c2ccccc2)c1. The van der Waals surface area contributed by atoms with Crippen molar-refractivity contribution in [2.75, 3.05) is 5.32 Å². The maximum atomic E-state index is 12.0. The molecule has 3 rings (SSSR count). The van der Waals surface area contributed by atoms with E-state index in [0.717, 1.165) is 17.7 Å². The van der Waals surface area contributed by atoms with Gasteiger partial charge in [0.05, 0.1) is 0 Å². The Hall–Kier alpha value is -2.33. The lowest BCUT2D eigenvalue weighted by molar-refractivity contribution is 0.251. The highest BCUT2D eigenvalue weighted by Crippen LogP contribution is 2.40. The second kappa shape index (κ2) is 5.97. The van der Waals surface area contributed by atoms with Crippen LogP contribution in [0.2, 0.25) is 0 Å². The van der Waals surface area contributed by atoms with Crippen molar-refractivity contribution in [3.63, 3.8) is 0 Å². The maximum absolute atomic E-state index is 12.0. The fourth-order valence-corrected chi connectivity index (χ4v) is 2.53. The van der Waals surface area contributed by atoms with Crippen molar-refractivity contribution >= 4 is 11.7 Å². The van der Waals surface area contributed by atoms with Crippen molar-refractivity contribution in [2.24, 2.45) is 5.73 Å². The lowest BCUT2D eigenvalue weighted by atomic mass is 10.1. The standard InChI is InChI=1S/C17H19N3O/c18-11-12-5-4-8-14(9-12)19-17(21)20-16-10-15(16)13-6-2-1-3-7-13/h1-9,15-16H,10-11,18H2,(H2,19,20,21). The van der Waals surface area contributed by atoms with E-state index in [2.05, 4.69) is 22.8 Å². The first-order valence-corrected chi connectivity index (χ1v) is 7.18. The number of hydrogen-bond donors (Lipinski definition) is 3. The zero-order chi connectivity index (χ0) is 14.7. The fourth-order valence-electron chi connectivity index (χ4n) is 2.53. The highest BCUT2D eigenvalue weighted by atomic mass is 16.2. The van der Waals surface area contributed by atoms with Crippen LogP contribution in [0.25, 0.3) is 0 Å². The monoisotopic (exact) mass is 281 g/mol. The lowest BCUT2D eigenvalue weighted by Crippen LogP contribution is -2.31. The number of rotatable bonds is 4. The molecule has 0 aromatic heterocycles. The van der Waals surface area contributed by atoms with E-state index in [1.807, 2.05) is 42.5 Å². The zero-order valence-corrected chi connectivity index (χ0v) is 11.8. The Kier molecular flexibility index (Phi) is 3.88. The minimum absolute atomic E-state index is 0.160. The van der Waals surface area contributed by atoms with E-state index in [0.29, 0.717) is 12.5 Å². The summed E-state index contributed by atoms with van der Waals surface area (Å²) in [6, 6.07) is 17.9. The number of carbonyl (C=O) groups excluding carboxylic acids is 1. The van der Waals surface area contributed by atoms with E-state index in [1.54, 1.807) is 0 Å². The van der Waals surface area contributed by atoms with Crippen LogP contribution >= 0.6 is 0 Å². The molecule has 0 heterocycles. The Morgan fingerprint density at radius 2 is 1.95 bits per heavy atom. The van der Waals surface area contributed by atoms with Gasteiger partial charge in [0.1, 0.15) is 0 Å². The third kappa shape index (κ3) is 3.41. The van der Waals surface area contributed by atoms with E-state index >= 15 is 0 Å². The molecule has 1 aliphatic carbocycles. The van der Waals surface area contributed by atoms with Crippen LogP contribution < -0.4 is 16.4 Å². The molecule has 1 saturated carbocycles. The van der Waals surface area contributed by atoms with Crippen LogP contribution in [0.1, 0.15) is 23.5 Å². The predicted molar refractivity (Wildman–Crippen MR) is 84.1 cm³/mol. The molecule has 0 spiro atoms. The van der Waals surface area contributed by atoms with Crippen molar-refractivity contribution in [3.8, 4) is 0 Å². The van der Waals surface area contributed by atoms with Gasteiger partial charge >= 0.3 is 6.03 Å². The second-order valence-corrected chi connectivity index (χ2v) is 5.36. The van der Waals surface area contributed by atoms with Gasteiger partial charge in [-0.05, 0) is 29.7 Å².